The van der Waals surface area contributed by atoms with Crippen LogP contribution in [0.2, 0.25) is 0 Å². The van der Waals surface area contributed by atoms with Gasteiger partial charge in [0.25, 0.3) is 0 Å². The summed E-state index contributed by atoms with van der Waals surface area (Å²) in [5, 5.41) is 3.80. The Morgan fingerprint density at radius 1 is 1.37 bits per heavy atom. The summed E-state index contributed by atoms with van der Waals surface area (Å²) < 4.78 is 0. The predicted molar refractivity (Wildman–Crippen MR) is 79.1 cm³/mol. The summed E-state index contributed by atoms with van der Waals surface area (Å²) in [5.41, 5.74) is 2.64. The Balaban J connectivity index is 1.68. The standard InChI is InChI=1S/C17H26N2/c1-3-9-18-16(17-13-7-4-8-14(13)17)11-15-12(2)6-5-10-19-15/h5-6,10,13-14,16-18H,3-4,7-9,11H2,1-2H3. The zero-order valence-corrected chi connectivity index (χ0v) is 12.2. The van der Waals surface area contributed by atoms with E-state index in [9.17, 15) is 0 Å². The Labute approximate surface area is 117 Å². The second-order valence-electron chi connectivity index (χ2n) is 6.37. The van der Waals surface area contributed by atoms with Gasteiger partial charge in [0.05, 0.1) is 0 Å². The molecule has 1 aromatic rings. The van der Waals surface area contributed by atoms with Crippen molar-refractivity contribution in [1.82, 2.24) is 10.3 Å². The number of nitrogens with one attached hydrogen (secondary N) is 1. The molecule has 1 heterocycles. The molecule has 0 spiro atoms. The quantitative estimate of drug-likeness (QED) is 0.846. The van der Waals surface area contributed by atoms with Gasteiger partial charge in [-0.3, -0.25) is 4.98 Å². The summed E-state index contributed by atoms with van der Waals surface area (Å²) in [5.74, 6) is 2.98. The smallest absolute Gasteiger partial charge is 0.0448 e. The number of nitrogens with zero attached hydrogens (tertiary/aromatic N) is 1. The second-order valence-corrected chi connectivity index (χ2v) is 6.37. The van der Waals surface area contributed by atoms with Crippen LogP contribution in [-0.2, 0) is 6.42 Å². The fraction of sp³-hybridized carbons (Fsp3) is 0.706. The van der Waals surface area contributed by atoms with Crippen LogP contribution in [0, 0.1) is 24.7 Å². The Bertz CT molecular complexity index is 419. The highest BCUT2D eigenvalue weighted by Gasteiger charge is 2.55. The van der Waals surface area contributed by atoms with E-state index in [4.69, 9.17) is 0 Å². The lowest BCUT2D eigenvalue weighted by atomic mass is 9.97. The minimum atomic E-state index is 0.656. The number of rotatable bonds is 6. The van der Waals surface area contributed by atoms with Crippen molar-refractivity contribution in [3.63, 3.8) is 0 Å². The van der Waals surface area contributed by atoms with Crippen LogP contribution < -0.4 is 5.32 Å². The second kappa shape index (κ2) is 5.62. The maximum Gasteiger partial charge on any atom is 0.0448 e. The number of hydrogen-bond donors (Lipinski definition) is 1. The lowest BCUT2D eigenvalue weighted by Gasteiger charge is -2.21. The maximum absolute atomic E-state index is 4.59. The highest BCUT2D eigenvalue weighted by Crippen LogP contribution is 2.59. The third-order valence-corrected chi connectivity index (χ3v) is 5.13. The minimum Gasteiger partial charge on any atom is -0.313 e. The summed E-state index contributed by atoms with van der Waals surface area (Å²) in [4.78, 5) is 4.59. The van der Waals surface area contributed by atoms with Crippen molar-refractivity contribution in [2.45, 2.75) is 52.0 Å². The molecule has 2 aliphatic carbocycles. The van der Waals surface area contributed by atoms with Gasteiger partial charge in [0.15, 0.2) is 0 Å². The number of aromatic nitrogens is 1. The molecule has 0 saturated heterocycles. The molecule has 19 heavy (non-hydrogen) atoms. The fourth-order valence-corrected chi connectivity index (χ4v) is 4.09. The van der Waals surface area contributed by atoms with Gasteiger partial charge in [-0.15, -0.1) is 0 Å². The molecule has 1 N–H and O–H groups in total. The number of pyridine rings is 1. The Morgan fingerprint density at radius 2 is 2.16 bits per heavy atom. The zero-order valence-electron chi connectivity index (χ0n) is 12.2. The van der Waals surface area contributed by atoms with Crippen LogP contribution in [0.1, 0.15) is 43.9 Å². The molecule has 3 rings (SSSR count). The first-order valence-electron chi connectivity index (χ1n) is 7.95. The van der Waals surface area contributed by atoms with E-state index in [-0.39, 0.29) is 0 Å². The van der Waals surface area contributed by atoms with Gasteiger partial charge in [-0.25, -0.2) is 0 Å². The Morgan fingerprint density at radius 3 is 2.84 bits per heavy atom. The highest BCUT2D eigenvalue weighted by atomic mass is 14.9. The van der Waals surface area contributed by atoms with Crippen LogP contribution in [0.15, 0.2) is 18.3 Å². The molecule has 0 aromatic carbocycles. The van der Waals surface area contributed by atoms with E-state index in [2.05, 4.69) is 30.2 Å². The van der Waals surface area contributed by atoms with Gasteiger partial charge in [0, 0.05) is 24.4 Å². The van der Waals surface area contributed by atoms with Gasteiger partial charge >= 0.3 is 0 Å². The average Bonchev–Trinajstić information content (AvgIpc) is 2.89. The average molecular weight is 258 g/mol. The summed E-state index contributed by atoms with van der Waals surface area (Å²) >= 11 is 0. The van der Waals surface area contributed by atoms with Gasteiger partial charge in [0.2, 0.25) is 0 Å². The van der Waals surface area contributed by atoms with Gasteiger partial charge in [-0.05, 0) is 62.1 Å². The normalized spacial score (nSPS) is 30.1. The summed E-state index contributed by atoms with van der Waals surface area (Å²) in [7, 11) is 0. The van der Waals surface area contributed by atoms with E-state index in [0.717, 1.165) is 30.7 Å². The van der Waals surface area contributed by atoms with Crippen molar-refractivity contribution >= 4 is 0 Å². The number of hydrogen-bond acceptors (Lipinski definition) is 2. The monoisotopic (exact) mass is 258 g/mol. The lowest BCUT2D eigenvalue weighted by Crippen LogP contribution is -2.35. The molecular formula is C17H26N2. The first-order chi connectivity index (χ1) is 9.31. The first kappa shape index (κ1) is 13.1. The molecular weight excluding hydrogens is 232 g/mol. The van der Waals surface area contributed by atoms with Crippen LogP contribution in [0.4, 0.5) is 0 Å². The van der Waals surface area contributed by atoms with Gasteiger partial charge in [0.1, 0.15) is 0 Å². The largest absolute Gasteiger partial charge is 0.313 e. The molecule has 2 fully saturated rings. The van der Waals surface area contributed by atoms with E-state index in [1.165, 1.54) is 36.9 Å². The SMILES string of the molecule is CCCNC(Cc1ncccc1C)C1C2CCCC21. The molecule has 3 atom stereocenters. The molecule has 104 valence electrons. The van der Waals surface area contributed by atoms with Crippen molar-refractivity contribution in [3.8, 4) is 0 Å². The molecule has 1 aromatic heterocycles. The molecule has 0 radical (unpaired) electrons. The molecule has 2 aliphatic rings. The van der Waals surface area contributed by atoms with Crippen LogP contribution in [0.3, 0.4) is 0 Å². The third kappa shape index (κ3) is 2.69. The molecule has 0 amide bonds. The first-order valence-corrected chi connectivity index (χ1v) is 7.95. The molecule has 2 heteroatoms. The Kier molecular flexibility index (Phi) is 3.88. The van der Waals surface area contributed by atoms with Gasteiger partial charge in [-0.1, -0.05) is 19.4 Å². The van der Waals surface area contributed by atoms with Gasteiger partial charge < -0.3 is 5.32 Å². The van der Waals surface area contributed by atoms with Crippen LogP contribution in [-0.4, -0.2) is 17.6 Å². The van der Waals surface area contributed by atoms with E-state index in [0.29, 0.717) is 6.04 Å². The van der Waals surface area contributed by atoms with Crippen molar-refractivity contribution in [2.75, 3.05) is 6.54 Å². The summed E-state index contributed by atoms with van der Waals surface area (Å²) in [6.45, 7) is 5.59. The van der Waals surface area contributed by atoms with E-state index < -0.39 is 0 Å². The molecule has 2 nitrogen and oxygen atoms in total. The van der Waals surface area contributed by atoms with Crippen LogP contribution >= 0.6 is 0 Å². The third-order valence-electron chi connectivity index (χ3n) is 5.13. The van der Waals surface area contributed by atoms with Crippen molar-refractivity contribution in [3.05, 3.63) is 29.6 Å². The Hall–Kier alpha value is -0.890. The van der Waals surface area contributed by atoms with E-state index >= 15 is 0 Å². The van der Waals surface area contributed by atoms with Crippen LogP contribution in [0.5, 0.6) is 0 Å². The molecule has 0 aliphatic heterocycles. The summed E-state index contributed by atoms with van der Waals surface area (Å²) in [6, 6.07) is 4.88. The van der Waals surface area contributed by atoms with E-state index in [1.807, 2.05) is 12.3 Å². The summed E-state index contributed by atoms with van der Waals surface area (Å²) in [6.07, 6.45) is 8.69. The van der Waals surface area contributed by atoms with Crippen molar-refractivity contribution < 1.29 is 0 Å². The van der Waals surface area contributed by atoms with Crippen LogP contribution in [0.25, 0.3) is 0 Å². The molecule has 0 bridgehead atoms. The predicted octanol–water partition coefficient (Wildman–Crippen LogP) is 3.35. The fourth-order valence-electron chi connectivity index (χ4n) is 4.09. The molecule has 3 unspecified atom stereocenters. The van der Waals surface area contributed by atoms with Gasteiger partial charge in [-0.2, -0.15) is 0 Å². The topological polar surface area (TPSA) is 24.9 Å². The zero-order chi connectivity index (χ0) is 13.2. The lowest BCUT2D eigenvalue weighted by molar-refractivity contribution is 0.400. The van der Waals surface area contributed by atoms with Crippen molar-refractivity contribution in [2.24, 2.45) is 17.8 Å². The number of fused-ring (bicyclic) bond motifs is 1. The number of aryl methyl sites for hydroxylation is 1. The maximum atomic E-state index is 4.59. The van der Waals surface area contributed by atoms with Crippen molar-refractivity contribution in [1.29, 1.82) is 0 Å². The van der Waals surface area contributed by atoms with E-state index in [1.54, 1.807) is 0 Å². The minimum absolute atomic E-state index is 0.656. The highest BCUT2D eigenvalue weighted by molar-refractivity contribution is 5.20. The molecule has 2 saturated carbocycles.